The van der Waals surface area contributed by atoms with E-state index in [2.05, 4.69) is 176 Å². The number of hydrogen-bond acceptors (Lipinski definition) is 2. The summed E-state index contributed by atoms with van der Waals surface area (Å²) in [5.74, 6) is 1.10. The highest BCUT2D eigenvalue weighted by Crippen LogP contribution is 2.64. The number of rotatable bonds is 7. The lowest BCUT2D eigenvalue weighted by atomic mass is 9.70. The minimum Gasteiger partial charge on any atom is -0.310 e. The normalized spacial score (nSPS) is 21.3. The van der Waals surface area contributed by atoms with Crippen molar-refractivity contribution in [3.8, 4) is 33.4 Å². The average Bonchev–Trinajstić information content (AvgIpc) is 4.22. The van der Waals surface area contributed by atoms with Crippen molar-refractivity contribution >= 4 is 34.1 Å². The SMILES string of the molecule is [2H]c1c([2H])c(C2CC3CCC2C3)c([2H])c(N(c2ccccc2)c2ccc3c(c2)-c2ccccc2C32c3ccccc3-c3ccc(N(c4ccccc4)c4ccc5c(c4)C(C)(C)c4ccccc4-5)cc32)c1[2H]. The first-order chi connectivity index (χ1) is 34.6. The molecule has 1 spiro atoms. The molecular formula is C65H52N2. The molecule has 67 heavy (non-hydrogen) atoms. The smallest absolute Gasteiger partial charge is 0.0726 e. The highest BCUT2D eigenvalue weighted by molar-refractivity contribution is 5.98. The van der Waals surface area contributed by atoms with Crippen LogP contribution in [-0.2, 0) is 10.8 Å². The predicted molar refractivity (Wildman–Crippen MR) is 278 cm³/mol. The zero-order valence-electron chi connectivity index (χ0n) is 41.9. The molecule has 2 saturated carbocycles. The largest absolute Gasteiger partial charge is 0.310 e. The van der Waals surface area contributed by atoms with Gasteiger partial charge in [0.15, 0.2) is 0 Å². The Labute approximate surface area is 400 Å². The van der Waals surface area contributed by atoms with Gasteiger partial charge in [-0.3, -0.25) is 0 Å². The van der Waals surface area contributed by atoms with Crippen molar-refractivity contribution in [3.05, 3.63) is 251 Å². The van der Waals surface area contributed by atoms with Gasteiger partial charge in [0.2, 0.25) is 0 Å². The quantitative estimate of drug-likeness (QED) is 0.157. The maximum absolute atomic E-state index is 9.96. The fourth-order valence-corrected chi connectivity index (χ4v) is 13.5. The first kappa shape index (κ1) is 34.9. The van der Waals surface area contributed by atoms with Gasteiger partial charge in [0, 0.05) is 39.5 Å². The van der Waals surface area contributed by atoms with Gasteiger partial charge < -0.3 is 9.80 Å². The first-order valence-electron chi connectivity index (χ1n) is 26.2. The summed E-state index contributed by atoms with van der Waals surface area (Å²) in [6.07, 6.45) is 4.39. The molecule has 0 aliphatic heterocycles. The first-order valence-corrected chi connectivity index (χ1v) is 24.2. The molecule has 2 bridgehead atoms. The maximum atomic E-state index is 9.96. The van der Waals surface area contributed by atoms with Crippen LogP contribution in [0.4, 0.5) is 34.1 Å². The number of hydrogen-bond donors (Lipinski definition) is 0. The second-order valence-corrected chi connectivity index (χ2v) is 20.1. The van der Waals surface area contributed by atoms with Gasteiger partial charge in [-0.2, -0.15) is 0 Å². The number of nitrogens with zero attached hydrogens (tertiary/aromatic N) is 2. The molecule has 0 saturated heterocycles. The van der Waals surface area contributed by atoms with Crippen molar-refractivity contribution in [2.24, 2.45) is 11.8 Å². The van der Waals surface area contributed by atoms with E-state index in [9.17, 15) is 5.48 Å². The van der Waals surface area contributed by atoms with Gasteiger partial charge in [0.1, 0.15) is 0 Å². The summed E-state index contributed by atoms with van der Waals surface area (Å²) in [7, 11) is 0. The van der Waals surface area contributed by atoms with Crippen LogP contribution in [0.1, 0.15) is 89.9 Å². The van der Waals surface area contributed by atoms with E-state index in [0.29, 0.717) is 23.1 Å². The van der Waals surface area contributed by atoms with Crippen LogP contribution in [0.2, 0.25) is 0 Å². The third kappa shape index (κ3) is 5.56. The number of anilines is 6. The summed E-state index contributed by atoms with van der Waals surface area (Å²) < 4.78 is 38.0. The average molecular weight is 865 g/mol. The fourth-order valence-electron chi connectivity index (χ4n) is 13.5. The molecule has 2 fully saturated rings. The lowest BCUT2D eigenvalue weighted by Crippen LogP contribution is -2.26. The zero-order valence-corrected chi connectivity index (χ0v) is 37.9. The maximum Gasteiger partial charge on any atom is 0.0726 e. The van der Waals surface area contributed by atoms with Crippen molar-refractivity contribution in [2.75, 3.05) is 9.80 Å². The highest BCUT2D eigenvalue weighted by Gasteiger charge is 2.52. The van der Waals surface area contributed by atoms with Gasteiger partial charge >= 0.3 is 0 Å². The molecule has 0 aromatic heterocycles. The summed E-state index contributed by atoms with van der Waals surface area (Å²) in [4.78, 5) is 4.44. The van der Waals surface area contributed by atoms with Crippen LogP contribution in [0.5, 0.6) is 0 Å². The highest BCUT2D eigenvalue weighted by atomic mass is 15.1. The van der Waals surface area contributed by atoms with Gasteiger partial charge in [-0.1, -0.05) is 160 Å². The van der Waals surface area contributed by atoms with Crippen LogP contribution < -0.4 is 9.80 Å². The van der Waals surface area contributed by atoms with Crippen molar-refractivity contribution < 1.29 is 5.48 Å². The Kier molecular flexibility index (Phi) is 7.57. The van der Waals surface area contributed by atoms with Gasteiger partial charge in [0.25, 0.3) is 0 Å². The Morgan fingerprint density at radius 2 is 0.925 bits per heavy atom. The molecular weight excluding hydrogens is 809 g/mol. The van der Waals surface area contributed by atoms with E-state index in [1.165, 1.54) is 62.1 Å². The van der Waals surface area contributed by atoms with Crippen molar-refractivity contribution in [1.29, 1.82) is 0 Å². The summed E-state index contributed by atoms with van der Waals surface area (Å²) in [5.41, 5.74) is 20.0. The fraction of sp³-hybridized carbons (Fsp3) is 0.169. The molecule has 4 unspecified atom stereocenters. The molecule has 0 N–H and O–H groups in total. The summed E-state index contributed by atoms with van der Waals surface area (Å²) in [6, 6.07) is 68.3. The molecule has 2 heteroatoms. The third-order valence-corrected chi connectivity index (χ3v) is 16.4. The van der Waals surface area contributed by atoms with E-state index in [0.717, 1.165) is 58.8 Å². The minimum absolute atomic E-state index is 0.0495. The Morgan fingerprint density at radius 1 is 0.418 bits per heavy atom. The summed E-state index contributed by atoms with van der Waals surface area (Å²) >= 11 is 0. The second kappa shape index (κ2) is 14.5. The van der Waals surface area contributed by atoms with Gasteiger partial charge in [-0.25, -0.2) is 0 Å². The Balaban J connectivity index is 0.970. The molecule has 2 nitrogen and oxygen atoms in total. The second-order valence-electron chi connectivity index (χ2n) is 20.1. The van der Waals surface area contributed by atoms with Crippen LogP contribution in [0.3, 0.4) is 0 Å². The van der Waals surface area contributed by atoms with E-state index in [1.807, 2.05) is 35.2 Å². The van der Waals surface area contributed by atoms with Gasteiger partial charge in [-0.05, 0) is 182 Å². The lowest BCUT2D eigenvalue weighted by molar-refractivity contribution is 0.420. The topological polar surface area (TPSA) is 6.48 Å². The van der Waals surface area contributed by atoms with E-state index in [4.69, 9.17) is 0 Å². The number of benzene rings is 9. The molecule has 9 aromatic carbocycles. The van der Waals surface area contributed by atoms with Crippen molar-refractivity contribution in [3.63, 3.8) is 0 Å². The van der Waals surface area contributed by atoms with Gasteiger partial charge in [-0.15, -0.1) is 0 Å². The molecule has 0 radical (unpaired) electrons. The van der Waals surface area contributed by atoms with E-state index >= 15 is 0 Å². The van der Waals surface area contributed by atoms with Crippen molar-refractivity contribution in [2.45, 2.75) is 56.3 Å². The van der Waals surface area contributed by atoms with E-state index < -0.39 is 5.41 Å². The zero-order chi connectivity index (χ0) is 47.9. The number of para-hydroxylation sites is 2. The van der Waals surface area contributed by atoms with Crippen LogP contribution in [0.15, 0.2) is 212 Å². The summed E-state index contributed by atoms with van der Waals surface area (Å²) in [6.45, 7) is 4.69. The third-order valence-electron chi connectivity index (χ3n) is 16.4. The van der Waals surface area contributed by atoms with Crippen LogP contribution in [0.25, 0.3) is 33.4 Å². The monoisotopic (exact) mass is 864 g/mol. The minimum atomic E-state index is -0.648. The molecule has 5 aliphatic rings. The van der Waals surface area contributed by atoms with E-state index in [1.54, 1.807) is 0 Å². The van der Waals surface area contributed by atoms with Gasteiger partial charge in [0.05, 0.1) is 10.9 Å². The molecule has 322 valence electrons. The lowest BCUT2D eigenvalue weighted by Gasteiger charge is -2.33. The molecule has 5 aliphatic carbocycles. The Hall–Kier alpha value is -7.42. The van der Waals surface area contributed by atoms with E-state index in [-0.39, 0.29) is 35.5 Å². The molecule has 9 aromatic rings. The molecule has 14 rings (SSSR count). The Bertz CT molecular complexity index is 3680. The van der Waals surface area contributed by atoms with Crippen LogP contribution in [-0.4, -0.2) is 0 Å². The van der Waals surface area contributed by atoms with Crippen LogP contribution in [0, 0.1) is 11.8 Å². The molecule has 0 amide bonds. The molecule has 0 heterocycles. The molecule has 4 atom stereocenters. The standard InChI is InChI=1S/C65H52N2/c1-64(2)58-25-12-9-22-51(58)54-33-30-49(40-62(54)64)67(46-19-7-4-8-20-46)50-31-34-55-52-23-10-13-26-59(52)65(63(55)41-50)60-27-14-11-24-53(60)57-39-48(32-35-61(57)65)66(45-17-5-3-6-18-45)47-21-15-16-43(38-47)56-37-42-28-29-44(56)36-42/h3-27,30-35,38-42,44,56H,28-29,36-37H2,1-2H3/i15D,16D,21D,38D. The number of fused-ring (bicyclic) bond motifs is 15. The Morgan fingerprint density at radius 3 is 1.57 bits per heavy atom. The summed E-state index contributed by atoms with van der Waals surface area (Å²) in [5, 5.41) is 0. The van der Waals surface area contributed by atoms with Crippen LogP contribution >= 0.6 is 0 Å². The van der Waals surface area contributed by atoms with Crippen molar-refractivity contribution in [1.82, 2.24) is 0 Å². The predicted octanol–water partition coefficient (Wildman–Crippen LogP) is 17.2.